The summed E-state index contributed by atoms with van der Waals surface area (Å²) >= 11 is 0. The monoisotopic (exact) mass is 226 g/mol. The normalized spacial score (nSPS) is 34.0. The lowest BCUT2D eigenvalue weighted by molar-refractivity contribution is 0.00505. The molecule has 0 radical (unpaired) electrons. The number of carbonyl (C=O) groups is 1. The summed E-state index contributed by atoms with van der Waals surface area (Å²) in [7, 11) is 0. The molecule has 0 spiro atoms. The van der Waals surface area contributed by atoms with Gasteiger partial charge in [0.1, 0.15) is 5.60 Å². The summed E-state index contributed by atoms with van der Waals surface area (Å²) in [6, 6.07) is 0.694. The first-order valence-corrected chi connectivity index (χ1v) is 6.15. The highest BCUT2D eigenvalue weighted by Crippen LogP contribution is 2.35. The number of ether oxygens (including phenoxy) is 1. The molecule has 0 saturated carbocycles. The number of nitrogens with two attached hydrogens (primary N) is 1. The summed E-state index contributed by atoms with van der Waals surface area (Å²) in [5, 5.41) is 0. The van der Waals surface area contributed by atoms with Gasteiger partial charge in [-0.15, -0.1) is 0 Å². The second-order valence-corrected chi connectivity index (χ2v) is 5.93. The van der Waals surface area contributed by atoms with Crippen LogP contribution in [0.4, 0.5) is 4.79 Å². The maximum absolute atomic E-state index is 12.1. The topological polar surface area (TPSA) is 55.6 Å². The number of nitrogens with zero attached hydrogens (tertiary/aromatic N) is 1. The maximum atomic E-state index is 12.1. The van der Waals surface area contributed by atoms with Crippen LogP contribution in [0.5, 0.6) is 0 Å². The van der Waals surface area contributed by atoms with Crippen LogP contribution in [-0.4, -0.2) is 34.7 Å². The second kappa shape index (κ2) is 3.91. The van der Waals surface area contributed by atoms with Gasteiger partial charge in [0.25, 0.3) is 0 Å². The van der Waals surface area contributed by atoms with Gasteiger partial charge in [-0.1, -0.05) is 0 Å². The Morgan fingerprint density at radius 3 is 2.50 bits per heavy atom. The molecule has 2 rings (SSSR count). The first-order chi connectivity index (χ1) is 7.38. The van der Waals surface area contributed by atoms with Crippen LogP contribution >= 0.6 is 0 Å². The van der Waals surface area contributed by atoms with E-state index >= 15 is 0 Å². The number of hydrogen-bond acceptors (Lipinski definition) is 3. The van der Waals surface area contributed by atoms with Gasteiger partial charge in [-0.2, -0.15) is 0 Å². The van der Waals surface area contributed by atoms with Crippen molar-refractivity contribution in [1.82, 2.24) is 4.90 Å². The second-order valence-electron chi connectivity index (χ2n) is 5.93. The smallest absolute Gasteiger partial charge is 0.410 e. The lowest BCUT2D eigenvalue weighted by Gasteiger charge is -2.39. The third-order valence-electron chi connectivity index (χ3n) is 3.48. The molecule has 0 aromatic rings. The Hall–Kier alpha value is -0.770. The van der Waals surface area contributed by atoms with Crippen molar-refractivity contribution >= 4 is 6.09 Å². The van der Waals surface area contributed by atoms with E-state index < -0.39 is 5.60 Å². The largest absolute Gasteiger partial charge is 0.444 e. The van der Waals surface area contributed by atoms with Gasteiger partial charge in [0.05, 0.1) is 6.04 Å². The fourth-order valence-electron chi connectivity index (χ4n) is 2.79. The molecule has 0 aromatic heterocycles. The van der Waals surface area contributed by atoms with Crippen molar-refractivity contribution < 1.29 is 9.53 Å². The molecule has 1 amide bonds. The van der Waals surface area contributed by atoms with Crippen molar-refractivity contribution in [2.75, 3.05) is 0 Å². The third kappa shape index (κ3) is 2.17. The Bertz CT molecular complexity index is 285. The Morgan fingerprint density at radius 1 is 1.25 bits per heavy atom. The molecule has 3 atom stereocenters. The minimum absolute atomic E-state index is 0.131. The maximum Gasteiger partial charge on any atom is 0.410 e. The molecule has 2 fully saturated rings. The summed E-state index contributed by atoms with van der Waals surface area (Å²) in [5.74, 6) is 0. The Labute approximate surface area is 97.1 Å². The van der Waals surface area contributed by atoms with Crippen LogP contribution in [0.2, 0.25) is 0 Å². The van der Waals surface area contributed by atoms with Crippen molar-refractivity contribution in [1.29, 1.82) is 0 Å². The summed E-state index contributed by atoms with van der Waals surface area (Å²) in [5.41, 5.74) is 5.64. The number of carbonyl (C=O) groups excluding carboxylic acids is 1. The lowest BCUT2D eigenvalue weighted by Crippen LogP contribution is -2.54. The highest BCUT2D eigenvalue weighted by molar-refractivity contribution is 5.69. The van der Waals surface area contributed by atoms with Crippen molar-refractivity contribution in [3.05, 3.63) is 0 Å². The van der Waals surface area contributed by atoms with Crippen molar-refractivity contribution in [3.63, 3.8) is 0 Å². The molecule has 2 aliphatic rings. The van der Waals surface area contributed by atoms with E-state index in [0.717, 1.165) is 25.7 Å². The Balaban J connectivity index is 2.07. The van der Waals surface area contributed by atoms with Crippen molar-refractivity contribution in [2.45, 2.75) is 70.2 Å². The van der Waals surface area contributed by atoms with Crippen LogP contribution in [0.3, 0.4) is 0 Å². The molecule has 2 bridgehead atoms. The predicted molar refractivity (Wildman–Crippen MR) is 62.1 cm³/mol. The van der Waals surface area contributed by atoms with Crippen LogP contribution in [0, 0.1) is 0 Å². The van der Waals surface area contributed by atoms with E-state index in [-0.39, 0.29) is 18.2 Å². The average Bonchev–Trinajstić information content (AvgIpc) is 2.46. The molecule has 0 aromatic carbocycles. The Morgan fingerprint density at radius 2 is 1.88 bits per heavy atom. The minimum Gasteiger partial charge on any atom is -0.444 e. The van der Waals surface area contributed by atoms with Crippen LogP contribution in [0.1, 0.15) is 46.5 Å². The first kappa shape index (κ1) is 11.7. The Kier molecular flexibility index (Phi) is 2.86. The molecule has 2 heterocycles. The number of amides is 1. The molecule has 92 valence electrons. The van der Waals surface area contributed by atoms with Gasteiger partial charge in [0, 0.05) is 12.1 Å². The van der Waals surface area contributed by atoms with Crippen LogP contribution < -0.4 is 5.73 Å². The van der Waals surface area contributed by atoms with Crippen molar-refractivity contribution in [2.24, 2.45) is 5.73 Å². The van der Waals surface area contributed by atoms with E-state index in [1.807, 2.05) is 25.7 Å². The number of rotatable bonds is 0. The third-order valence-corrected chi connectivity index (χ3v) is 3.48. The number of fused-ring (bicyclic) bond motifs is 2. The standard InChI is InChI=1S/C12H22N2O2/c1-12(2,3)16-11(15)14-8-4-6-9(13)10(14)7-5-8/h8-10H,4-7,13H2,1-3H3/t8-,9?,10-/m0/s1. The van der Waals surface area contributed by atoms with E-state index in [1.165, 1.54) is 0 Å². The molecule has 2 N–H and O–H groups in total. The molecule has 4 nitrogen and oxygen atoms in total. The van der Waals surface area contributed by atoms with Crippen LogP contribution in [-0.2, 0) is 4.74 Å². The highest BCUT2D eigenvalue weighted by Gasteiger charge is 2.44. The molecule has 4 heteroatoms. The fourth-order valence-corrected chi connectivity index (χ4v) is 2.79. The van der Waals surface area contributed by atoms with Crippen LogP contribution in [0.25, 0.3) is 0 Å². The number of hydrogen-bond donors (Lipinski definition) is 1. The van der Waals surface area contributed by atoms with E-state index in [1.54, 1.807) is 0 Å². The van der Waals surface area contributed by atoms with E-state index in [4.69, 9.17) is 10.5 Å². The summed E-state index contributed by atoms with van der Waals surface area (Å²) in [4.78, 5) is 14.0. The molecule has 1 unspecified atom stereocenters. The SMILES string of the molecule is CC(C)(C)OC(=O)N1[C@H]2CCC(N)[C@@H]1CC2. The summed E-state index contributed by atoms with van der Waals surface area (Å²) < 4.78 is 5.44. The predicted octanol–water partition coefficient (Wildman–Crippen LogP) is 1.88. The molecular weight excluding hydrogens is 204 g/mol. The molecular formula is C12H22N2O2. The molecule has 2 aliphatic heterocycles. The highest BCUT2D eigenvalue weighted by atomic mass is 16.6. The molecule has 16 heavy (non-hydrogen) atoms. The number of piperidine rings is 1. The quantitative estimate of drug-likeness (QED) is 0.686. The van der Waals surface area contributed by atoms with E-state index in [2.05, 4.69) is 0 Å². The zero-order chi connectivity index (χ0) is 11.9. The van der Waals surface area contributed by atoms with Gasteiger partial charge in [-0.05, 0) is 46.5 Å². The van der Waals surface area contributed by atoms with Crippen molar-refractivity contribution in [3.8, 4) is 0 Å². The zero-order valence-electron chi connectivity index (χ0n) is 10.4. The van der Waals surface area contributed by atoms with Gasteiger partial charge < -0.3 is 15.4 Å². The van der Waals surface area contributed by atoms with E-state index in [0.29, 0.717) is 6.04 Å². The van der Waals surface area contributed by atoms with Gasteiger partial charge in [-0.3, -0.25) is 0 Å². The first-order valence-electron chi connectivity index (χ1n) is 6.15. The summed E-state index contributed by atoms with van der Waals surface area (Å²) in [6.07, 6.45) is 3.99. The van der Waals surface area contributed by atoms with Gasteiger partial charge in [0.15, 0.2) is 0 Å². The fraction of sp³-hybridized carbons (Fsp3) is 0.917. The zero-order valence-corrected chi connectivity index (χ0v) is 10.4. The average molecular weight is 226 g/mol. The van der Waals surface area contributed by atoms with E-state index in [9.17, 15) is 4.79 Å². The van der Waals surface area contributed by atoms with Crippen LogP contribution in [0.15, 0.2) is 0 Å². The summed E-state index contributed by atoms with van der Waals surface area (Å²) in [6.45, 7) is 5.70. The van der Waals surface area contributed by atoms with Gasteiger partial charge in [0.2, 0.25) is 0 Å². The lowest BCUT2D eigenvalue weighted by atomic mass is 9.99. The van der Waals surface area contributed by atoms with Gasteiger partial charge >= 0.3 is 6.09 Å². The van der Waals surface area contributed by atoms with Gasteiger partial charge in [-0.25, -0.2) is 4.79 Å². The molecule has 2 saturated heterocycles. The molecule has 0 aliphatic carbocycles. The minimum atomic E-state index is -0.419.